The number of aromatic nitrogens is 2. The number of hydrogen-bond donors (Lipinski definition) is 0. The molecule has 0 aliphatic rings. The Morgan fingerprint density at radius 3 is 2.29 bits per heavy atom. The zero-order chi connectivity index (χ0) is 24.6. The summed E-state index contributed by atoms with van der Waals surface area (Å²) in [5, 5.41) is 1.10. The summed E-state index contributed by atoms with van der Waals surface area (Å²) in [6.07, 6.45) is 7.79. The van der Waals surface area contributed by atoms with E-state index in [9.17, 15) is 13.2 Å². The Balaban J connectivity index is 1.37. The highest BCUT2D eigenvalue weighted by Crippen LogP contribution is 2.20. The van der Waals surface area contributed by atoms with Crippen molar-refractivity contribution in [3.63, 3.8) is 0 Å². The van der Waals surface area contributed by atoms with Gasteiger partial charge in [0, 0.05) is 12.0 Å². The number of hydrogen-bond acceptors (Lipinski definition) is 3. The first-order chi connectivity index (χ1) is 17.0. The third-order valence-electron chi connectivity index (χ3n) is 5.59. The number of unbranched alkanes of at least 4 members (excludes halogenated alkanes) is 2. The summed E-state index contributed by atoms with van der Waals surface area (Å²) in [4.78, 5) is 8.66. The fourth-order valence-electron chi connectivity index (χ4n) is 3.62. The van der Waals surface area contributed by atoms with Gasteiger partial charge in [-0.1, -0.05) is 43.7 Å². The lowest BCUT2D eigenvalue weighted by Gasteiger charge is -2.06. The predicted octanol–water partition coefficient (Wildman–Crippen LogP) is 6.80. The SMILES string of the molecule is CCCCCOc1cnc(CCc2ccc(C#Cc3ccc4cc(F)c(F)cc4c3)c(F)c2)nc1. The highest BCUT2D eigenvalue weighted by atomic mass is 19.2. The zero-order valence-electron chi connectivity index (χ0n) is 19.5. The highest BCUT2D eigenvalue weighted by molar-refractivity contribution is 5.84. The number of aryl methyl sites for hydroxylation is 2. The standard InChI is InChI=1S/C29H25F3N2O/c1-2-3-4-13-35-25-18-33-29(34-19-25)12-8-21-6-10-22(26(30)15-21)9-5-20-7-11-23-16-27(31)28(32)17-24(23)14-20/h6-7,10-11,14-19H,2-4,8,12-13H2,1H3. The quantitative estimate of drug-likeness (QED) is 0.208. The third-order valence-corrected chi connectivity index (χ3v) is 5.59. The second-order valence-corrected chi connectivity index (χ2v) is 8.28. The molecule has 0 atom stereocenters. The molecule has 3 nitrogen and oxygen atoms in total. The van der Waals surface area contributed by atoms with E-state index in [-0.39, 0.29) is 5.56 Å². The van der Waals surface area contributed by atoms with Gasteiger partial charge in [0.25, 0.3) is 0 Å². The van der Waals surface area contributed by atoms with Gasteiger partial charge in [-0.25, -0.2) is 23.1 Å². The molecule has 0 N–H and O–H groups in total. The Morgan fingerprint density at radius 2 is 1.54 bits per heavy atom. The summed E-state index contributed by atoms with van der Waals surface area (Å²) < 4.78 is 47.1. The van der Waals surface area contributed by atoms with Gasteiger partial charge in [0.2, 0.25) is 0 Å². The molecule has 4 aromatic rings. The largest absolute Gasteiger partial charge is 0.490 e. The van der Waals surface area contributed by atoms with Gasteiger partial charge in [-0.2, -0.15) is 0 Å². The molecule has 0 amide bonds. The van der Waals surface area contributed by atoms with Gasteiger partial charge in [0.15, 0.2) is 17.4 Å². The fraction of sp³-hybridized carbons (Fsp3) is 0.241. The van der Waals surface area contributed by atoms with Crippen molar-refractivity contribution in [1.82, 2.24) is 9.97 Å². The molecule has 0 bridgehead atoms. The van der Waals surface area contributed by atoms with Crippen LogP contribution in [0.4, 0.5) is 13.2 Å². The first-order valence-corrected chi connectivity index (χ1v) is 11.6. The molecular formula is C29H25F3N2O. The number of rotatable bonds is 8. The lowest BCUT2D eigenvalue weighted by molar-refractivity contribution is 0.303. The molecule has 0 saturated heterocycles. The van der Waals surface area contributed by atoms with Crippen LogP contribution >= 0.6 is 0 Å². The van der Waals surface area contributed by atoms with E-state index in [4.69, 9.17) is 4.74 Å². The molecule has 0 radical (unpaired) electrons. The van der Waals surface area contributed by atoms with Crippen molar-refractivity contribution in [1.29, 1.82) is 0 Å². The van der Waals surface area contributed by atoms with Gasteiger partial charge < -0.3 is 4.74 Å². The molecule has 0 saturated carbocycles. The third kappa shape index (κ3) is 6.60. The molecule has 0 aliphatic heterocycles. The maximum Gasteiger partial charge on any atom is 0.159 e. The van der Waals surface area contributed by atoms with Crippen molar-refractivity contribution in [3.05, 3.63) is 101 Å². The first-order valence-electron chi connectivity index (χ1n) is 11.6. The molecule has 178 valence electrons. The van der Waals surface area contributed by atoms with Gasteiger partial charge in [-0.3, -0.25) is 0 Å². The van der Waals surface area contributed by atoms with Crippen LogP contribution in [0.5, 0.6) is 5.75 Å². The van der Waals surface area contributed by atoms with E-state index >= 15 is 0 Å². The minimum atomic E-state index is -0.915. The monoisotopic (exact) mass is 474 g/mol. The molecule has 4 rings (SSSR count). The number of benzene rings is 3. The van der Waals surface area contributed by atoms with Gasteiger partial charge in [-0.05, 0) is 65.6 Å². The smallest absolute Gasteiger partial charge is 0.159 e. The van der Waals surface area contributed by atoms with Crippen LogP contribution in [0.2, 0.25) is 0 Å². The maximum absolute atomic E-state index is 14.6. The minimum absolute atomic E-state index is 0.264. The van der Waals surface area contributed by atoms with Crippen LogP contribution in [0.25, 0.3) is 10.8 Å². The molecule has 0 spiro atoms. The van der Waals surface area contributed by atoms with Crippen molar-refractivity contribution in [2.75, 3.05) is 6.61 Å². The van der Waals surface area contributed by atoms with Crippen molar-refractivity contribution in [3.8, 4) is 17.6 Å². The number of fused-ring (bicyclic) bond motifs is 1. The van der Waals surface area contributed by atoms with Crippen molar-refractivity contribution in [2.24, 2.45) is 0 Å². The molecular weight excluding hydrogens is 449 g/mol. The lowest BCUT2D eigenvalue weighted by atomic mass is 10.0. The summed E-state index contributed by atoms with van der Waals surface area (Å²) in [6, 6.07) is 12.2. The Labute approximate surface area is 203 Å². The highest BCUT2D eigenvalue weighted by Gasteiger charge is 2.06. The van der Waals surface area contributed by atoms with Gasteiger partial charge in [0.05, 0.1) is 24.6 Å². The van der Waals surface area contributed by atoms with Crippen LogP contribution in [-0.2, 0) is 12.8 Å². The summed E-state index contributed by atoms with van der Waals surface area (Å²) in [6.45, 7) is 2.80. The average molecular weight is 475 g/mol. The van der Waals surface area contributed by atoms with Crippen LogP contribution in [-0.4, -0.2) is 16.6 Å². The van der Waals surface area contributed by atoms with Crippen LogP contribution in [0.15, 0.2) is 60.9 Å². The molecule has 0 fully saturated rings. The van der Waals surface area contributed by atoms with E-state index in [1.807, 2.05) is 6.07 Å². The van der Waals surface area contributed by atoms with Crippen LogP contribution in [0.3, 0.4) is 0 Å². The number of nitrogens with zero attached hydrogens (tertiary/aromatic N) is 2. The first kappa shape index (κ1) is 24.3. The molecule has 0 unspecified atom stereocenters. The second kappa shape index (κ2) is 11.5. The molecule has 1 heterocycles. The van der Waals surface area contributed by atoms with E-state index < -0.39 is 17.5 Å². The zero-order valence-corrected chi connectivity index (χ0v) is 19.5. The summed E-state index contributed by atoms with van der Waals surface area (Å²) in [7, 11) is 0. The van der Waals surface area contributed by atoms with E-state index in [0.717, 1.165) is 37.0 Å². The van der Waals surface area contributed by atoms with Crippen molar-refractivity contribution >= 4 is 10.8 Å². The van der Waals surface area contributed by atoms with Crippen molar-refractivity contribution in [2.45, 2.75) is 39.0 Å². The summed E-state index contributed by atoms with van der Waals surface area (Å²) >= 11 is 0. The maximum atomic E-state index is 14.6. The molecule has 3 aromatic carbocycles. The van der Waals surface area contributed by atoms with Gasteiger partial charge in [-0.15, -0.1) is 0 Å². The fourth-order valence-corrected chi connectivity index (χ4v) is 3.62. The van der Waals surface area contributed by atoms with Crippen LogP contribution in [0, 0.1) is 29.3 Å². The molecule has 35 heavy (non-hydrogen) atoms. The summed E-state index contributed by atoms with van der Waals surface area (Å²) in [5.41, 5.74) is 1.67. The van der Waals surface area contributed by atoms with Crippen LogP contribution < -0.4 is 4.74 Å². The number of halogens is 3. The Kier molecular flexibility index (Phi) is 7.99. The van der Waals surface area contributed by atoms with E-state index in [2.05, 4.69) is 28.7 Å². The number of ether oxygens (including phenoxy) is 1. The molecule has 1 aromatic heterocycles. The van der Waals surface area contributed by atoms with Crippen molar-refractivity contribution < 1.29 is 17.9 Å². The topological polar surface area (TPSA) is 35.0 Å². The Morgan fingerprint density at radius 1 is 0.771 bits per heavy atom. The average Bonchev–Trinajstić information content (AvgIpc) is 2.86. The van der Waals surface area contributed by atoms with E-state index in [0.29, 0.717) is 47.4 Å². The predicted molar refractivity (Wildman–Crippen MR) is 131 cm³/mol. The normalized spacial score (nSPS) is 10.7. The van der Waals surface area contributed by atoms with Gasteiger partial charge in [0.1, 0.15) is 11.6 Å². The van der Waals surface area contributed by atoms with E-state index in [1.165, 1.54) is 6.07 Å². The van der Waals surface area contributed by atoms with E-state index in [1.54, 1.807) is 36.7 Å². The summed E-state index contributed by atoms with van der Waals surface area (Å²) in [5.74, 6) is 4.81. The Hall–Kier alpha value is -3.85. The minimum Gasteiger partial charge on any atom is -0.490 e. The molecule has 6 heteroatoms. The van der Waals surface area contributed by atoms with Crippen LogP contribution in [0.1, 0.15) is 48.7 Å². The van der Waals surface area contributed by atoms with Gasteiger partial charge >= 0.3 is 0 Å². The molecule has 0 aliphatic carbocycles. The lowest BCUT2D eigenvalue weighted by Crippen LogP contribution is -2.02. The second-order valence-electron chi connectivity index (χ2n) is 8.28. The Bertz CT molecular complexity index is 1370.